The molecule has 4 heterocycles. The second-order valence-corrected chi connectivity index (χ2v) is 8.62. The number of likely N-dealkylation sites (tertiary alicyclic amines) is 1. The number of nitrogens with two attached hydrogens (primary N) is 1. The molecule has 3 aromatic rings. The molecule has 1 fully saturated rings. The van der Waals surface area contributed by atoms with E-state index in [1.807, 2.05) is 0 Å². The number of nitrogen functional groups attached to an aromatic ring is 1. The van der Waals surface area contributed by atoms with Gasteiger partial charge in [-0.15, -0.1) is 0 Å². The number of dihydropyridines is 1. The van der Waals surface area contributed by atoms with Crippen LogP contribution in [0.5, 0.6) is 0 Å². The third-order valence-electron chi connectivity index (χ3n) is 6.13. The number of benzene rings is 1. The van der Waals surface area contributed by atoms with Crippen LogP contribution in [0.25, 0.3) is 16.6 Å². The molecule has 3 amide bonds. The van der Waals surface area contributed by atoms with Crippen LogP contribution in [0.3, 0.4) is 0 Å². The molecule has 2 aliphatic heterocycles. The maximum atomic E-state index is 13.3. The second-order valence-electron chi connectivity index (χ2n) is 8.62. The fourth-order valence-corrected chi connectivity index (χ4v) is 4.40. The van der Waals surface area contributed by atoms with Gasteiger partial charge in [0.05, 0.1) is 5.56 Å². The van der Waals surface area contributed by atoms with E-state index >= 15 is 0 Å². The van der Waals surface area contributed by atoms with E-state index in [1.165, 1.54) is 23.0 Å². The van der Waals surface area contributed by atoms with Gasteiger partial charge in [-0.3, -0.25) is 4.79 Å². The van der Waals surface area contributed by atoms with Gasteiger partial charge in [0.1, 0.15) is 23.7 Å². The van der Waals surface area contributed by atoms with Crippen LogP contribution in [-0.4, -0.2) is 56.9 Å². The lowest BCUT2D eigenvalue weighted by molar-refractivity contribution is -0.0977. The number of rotatable bonds is 4. The number of carbonyl (C=O) groups excluding carboxylic acids is 2. The van der Waals surface area contributed by atoms with Crippen LogP contribution in [-0.2, 0) is 0 Å². The van der Waals surface area contributed by atoms with Crippen LogP contribution in [0.4, 0.5) is 29.5 Å². The van der Waals surface area contributed by atoms with Crippen molar-refractivity contribution in [3.8, 4) is 11.1 Å². The first-order valence-corrected chi connectivity index (χ1v) is 11.5. The number of urea groups is 1. The third kappa shape index (κ3) is 4.92. The molecule has 2 aromatic heterocycles. The summed E-state index contributed by atoms with van der Waals surface area (Å²) in [6.45, 7) is 1.35. The van der Waals surface area contributed by atoms with Gasteiger partial charge in [0.2, 0.25) is 0 Å². The van der Waals surface area contributed by atoms with Gasteiger partial charge in [-0.1, -0.05) is 18.2 Å². The lowest BCUT2D eigenvalue weighted by Gasteiger charge is -2.24. The molecular formula is C24H23F3N8O2. The minimum Gasteiger partial charge on any atom is -0.382 e. The number of aromatic nitrogens is 3. The van der Waals surface area contributed by atoms with E-state index in [0.717, 1.165) is 18.9 Å². The van der Waals surface area contributed by atoms with Crippen molar-refractivity contribution in [3.05, 3.63) is 66.3 Å². The Bertz CT molecular complexity index is 1410. The van der Waals surface area contributed by atoms with Crippen LogP contribution in [0.15, 0.2) is 60.7 Å². The van der Waals surface area contributed by atoms with Crippen molar-refractivity contribution < 1.29 is 22.8 Å². The summed E-state index contributed by atoms with van der Waals surface area (Å²) in [4.78, 5) is 31.5. The Morgan fingerprint density at radius 3 is 2.57 bits per heavy atom. The molecule has 0 spiro atoms. The average Bonchev–Trinajstić information content (AvgIpc) is 3.53. The highest BCUT2D eigenvalue weighted by atomic mass is 19.4. The molecule has 5 rings (SSSR count). The zero-order valence-corrected chi connectivity index (χ0v) is 19.4. The number of nitrogens with zero attached hydrogens (tertiary/aromatic N) is 4. The molecule has 1 unspecified atom stereocenters. The highest BCUT2D eigenvalue weighted by Crippen LogP contribution is 2.34. The summed E-state index contributed by atoms with van der Waals surface area (Å²) in [7, 11) is 0. The van der Waals surface area contributed by atoms with Crippen molar-refractivity contribution in [1.29, 1.82) is 0 Å². The summed E-state index contributed by atoms with van der Waals surface area (Å²) in [6, 6.07) is 5.96. The number of allylic oxidation sites excluding steroid dienone is 3. The number of alkyl halides is 3. The van der Waals surface area contributed by atoms with Crippen LogP contribution in [0, 0.1) is 0 Å². The molecule has 0 saturated carbocycles. The molecule has 10 nitrogen and oxygen atoms in total. The smallest absolute Gasteiger partial charge is 0.382 e. The SMILES string of the molecule is Nc1ncnn2cc(C(=O)N3CCCC3)c(-c3ccc(NC(=O)NC4C=CC=C(C(F)(F)F)N4)cc3)c12. The number of carbonyl (C=O) groups is 2. The maximum Gasteiger partial charge on any atom is 0.430 e. The van der Waals surface area contributed by atoms with Gasteiger partial charge in [-0.25, -0.2) is 14.3 Å². The average molecular weight is 512 g/mol. The fraction of sp³-hybridized carbons (Fsp3) is 0.250. The van der Waals surface area contributed by atoms with Crippen LogP contribution < -0.4 is 21.7 Å². The molecule has 0 bridgehead atoms. The Morgan fingerprint density at radius 1 is 1.14 bits per heavy atom. The van der Waals surface area contributed by atoms with Crippen LogP contribution >= 0.6 is 0 Å². The molecular weight excluding hydrogens is 489 g/mol. The predicted octanol–water partition coefficient (Wildman–Crippen LogP) is 3.27. The highest BCUT2D eigenvalue weighted by molar-refractivity contribution is 6.07. The molecule has 192 valence electrons. The number of nitrogens with one attached hydrogen (secondary N) is 3. The molecule has 1 saturated heterocycles. The summed E-state index contributed by atoms with van der Waals surface area (Å²) >= 11 is 0. The third-order valence-corrected chi connectivity index (χ3v) is 6.13. The minimum absolute atomic E-state index is 0.126. The van der Waals surface area contributed by atoms with E-state index in [9.17, 15) is 22.8 Å². The number of hydrogen-bond donors (Lipinski definition) is 4. The number of fused-ring (bicyclic) bond motifs is 1. The first-order valence-electron chi connectivity index (χ1n) is 11.5. The van der Waals surface area contributed by atoms with Gasteiger partial charge in [-0.2, -0.15) is 18.3 Å². The second kappa shape index (κ2) is 9.48. The zero-order chi connectivity index (χ0) is 26.2. The molecule has 0 radical (unpaired) electrons. The topological polar surface area (TPSA) is 130 Å². The first kappa shape index (κ1) is 24.2. The van der Waals surface area contributed by atoms with Crippen molar-refractivity contribution in [1.82, 2.24) is 30.1 Å². The van der Waals surface area contributed by atoms with Crippen molar-refractivity contribution in [2.24, 2.45) is 0 Å². The van der Waals surface area contributed by atoms with Gasteiger partial charge in [0, 0.05) is 30.5 Å². The molecule has 13 heteroatoms. The number of hydrogen-bond acceptors (Lipinski definition) is 6. The van der Waals surface area contributed by atoms with Crippen molar-refractivity contribution in [3.63, 3.8) is 0 Å². The molecule has 2 aliphatic rings. The van der Waals surface area contributed by atoms with E-state index < -0.39 is 24.1 Å². The lowest BCUT2D eigenvalue weighted by atomic mass is 10.0. The van der Waals surface area contributed by atoms with E-state index in [-0.39, 0.29) is 11.7 Å². The number of amides is 3. The summed E-state index contributed by atoms with van der Waals surface area (Å²) in [6.07, 6.45) is 2.75. The summed E-state index contributed by atoms with van der Waals surface area (Å²) in [5.41, 5.74) is 7.75. The Kier molecular flexibility index (Phi) is 6.19. The molecule has 5 N–H and O–H groups in total. The standard InChI is InChI=1S/C24H23F3N8O2/c25-24(26,27)17-4-3-5-18(32-17)33-23(37)31-15-8-6-14(7-9-15)19-16(22(36)34-10-1-2-11-34)12-35-20(19)21(28)29-13-30-35/h3-9,12-13,18,32H,1-2,10-11H2,(H2,28,29,30)(H2,31,33,37). The predicted molar refractivity (Wildman–Crippen MR) is 130 cm³/mol. The maximum absolute atomic E-state index is 13.3. The summed E-state index contributed by atoms with van der Waals surface area (Å²) in [5, 5.41) is 11.4. The molecule has 0 aliphatic carbocycles. The normalized spacial score (nSPS) is 17.4. The van der Waals surface area contributed by atoms with Gasteiger partial charge in [-0.05, 0) is 42.7 Å². The Morgan fingerprint density at radius 2 is 1.86 bits per heavy atom. The van der Waals surface area contributed by atoms with Crippen molar-refractivity contribution >= 4 is 29.0 Å². The van der Waals surface area contributed by atoms with E-state index in [0.29, 0.717) is 41.0 Å². The Hall–Kier alpha value is -4.55. The largest absolute Gasteiger partial charge is 0.430 e. The van der Waals surface area contributed by atoms with E-state index in [2.05, 4.69) is 26.0 Å². The fourth-order valence-electron chi connectivity index (χ4n) is 4.40. The van der Waals surface area contributed by atoms with Gasteiger partial charge >= 0.3 is 12.2 Å². The van der Waals surface area contributed by atoms with E-state index in [4.69, 9.17) is 5.73 Å². The monoisotopic (exact) mass is 512 g/mol. The van der Waals surface area contributed by atoms with Crippen molar-refractivity contribution in [2.45, 2.75) is 25.2 Å². The first-order chi connectivity index (χ1) is 17.7. The quantitative estimate of drug-likeness (QED) is 0.425. The molecule has 37 heavy (non-hydrogen) atoms. The zero-order valence-electron chi connectivity index (χ0n) is 19.4. The van der Waals surface area contributed by atoms with Crippen molar-refractivity contribution in [2.75, 3.05) is 24.1 Å². The van der Waals surface area contributed by atoms with Crippen LogP contribution in [0.1, 0.15) is 23.2 Å². The van der Waals surface area contributed by atoms with Gasteiger partial charge in [0.15, 0.2) is 5.82 Å². The Balaban J connectivity index is 1.35. The number of anilines is 2. The summed E-state index contributed by atoms with van der Waals surface area (Å²) < 4.78 is 40.2. The number of halogens is 3. The highest BCUT2D eigenvalue weighted by Gasteiger charge is 2.35. The minimum atomic E-state index is -4.55. The van der Waals surface area contributed by atoms with Gasteiger partial charge < -0.3 is 26.6 Å². The molecule has 1 atom stereocenters. The summed E-state index contributed by atoms with van der Waals surface area (Å²) in [5.74, 6) is 0.0895. The van der Waals surface area contributed by atoms with E-state index in [1.54, 1.807) is 35.4 Å². The lowest BCUT2D eigenvalue weighted by Crippen LogP contribution is -2.48. The molecule has 1 aromatic carbocycles. The van der Waals surface area contributed by atoms with Gasteiger partial charge in [0.25, 0.3) is 5.91 Å². The van der Waals surface area contributed by atoms with Crippen LogP contribution in [0.2, 0.25) is 0 Å². The Labute approximate surface area is 209 Å².